The molecule has 1 atom stereocenters. The number of hydrogen-bond acceptors (Lipinski definition) is 5. The van der Waals surface area contributed by atoms with Crippen LogP contribution in [0.1, 0.15) is 40.3 Å². The van der Waals surface area contributed by atoms with Gasteiger partial charge in [0.15, 0.2) is 0 Å². The van der Waals surface area contributed by atoms with Crippen LogP contribution in [0.2, 0.25) is 0 Å². The lowest BCUT2D eigenvalue weighted by Gasteiger charge is -2.10. The van der Waals surface area contributed by atoms with Gasteiger partial charge in [0.2, 0.25) is 0 Å². The topological polar surface area (TPSA) is 61.3 Å². The zero-order valence-electron chi connectivity index (χ0n) is 12.0. The third-order valence-electron chi connectivity index (χ3n) is 3.50. The molecule has 21 heavy (non-hydrogen) atoms. The Morgan fingerprint density at radius 2 is 2.24 bits per heavy atom. The predicted molar refractivity (Wildman–Crippen MR) is 76.5 cm³/mol. The molecule has 0 amide bonds. The van der Waals surface area contributed by atoms with E-state index in [9.17, 15) is 4.79 Å². The highest BCUT2D eigenvalue weighted by Gasteiger charge is 2.28. The summed E-state index contributed by atoms with van der Waals surface area (Å²) in [5, 5.41) is 0. The largest absolute Gasteiger partial charge is 0.492 e. The Labute approximate surface area is 123 Å². The summed E-state index contributed by atoms with van der Waals surface area (Å²) in [6.45, 7) is 4.43. The van der Waals surface area contributed by atoms with E-state index >= 15 is 0 Å². The van der Waals surface area contributed by atoms with Crippen molar-refractivity contribution in [2.24, 2.45) is 0 Å². The minimum atomic E-state index is -0.385. The van der Waals surface area contributed by atoms with Crippen molar-refractivity contribution in [2.45, 2.75) is 19.8 Å². The first kappa shape index (κ1) is 13.5. The van der Waals surface area contributed by atoms with E-state index in [0.29, 0.717) is 30.3 Å². The van der Waals surface area contributed by atoms with Gasteiger partial charge < -0.3 is 9.47 Å². The van der Waals surface area contributed by atoms with Gasteiger partial charge in [0, 0.05) is 11.8 Å². The fraction of sp³-hybridized carbons (Fsp3) is 0.312. The molecule has 2 aromatic rings. The van der Waals surface area contributed by atoms with Crippen LogP contribution in [0.25, 0.3) is 0 Å². The average Bonchev–Trinajstić information content (AvgIpc) is 2.91. The minimum absolute atomic E-state index is 0.0103. The van der Waals surface area contributed by atoms with E-state index in [1.54, 1.807) is 13.8 Å². The fourth-order valence-corrected chi connectivity index (χ4v) is 2.44. The Hall–Kier alpha value is -2.43. The molecular formula is C16H16N2O3. The smallest absolute Gasteiger partial charge is 0.341 e. The number of aryl methyl sites for hydroxylation is 1. The van der Waals surface area contributed by atoms with Crippen LogP contribution in [0.15, 0.2) is 30.5 Å². The number of fused-ring (bicyclic) bond motifs is 1. The number of carbonyl (C=O) groups is 1. The summed E-state index contributed by atoms with van der Waals surface area (Å²) in [6.07, 6.45) is 1.54. The second kappa shape index (κ2) is 5.52. The molecule has 0 bridgehead atoms. The highest BCUT2D eigenvalue weighted by Crippen LogP contribution is 2.36. The first-order chi connectivity index (χ1) is 10.2. The summed E-state index contributed by atoms with van der Waals surface area (Å²) in [4.78, 5) is 20.6. The lowest BCUT2D eigenvalue weighted by molar-refractivity contribution is 0.0524. The number of hydrogen-bond donors (Lipinski definition) is 0. The maximum Gasteiger partial charge on any atom is 0.341 e. The van der Waals surface area contributed by atoms with Gasteiger partial charge in [0.1, 0.15) is 18.2 Å². The maximum atomic E-state index is 11.8. The standard InChI is InChI=1S/C16H16N2O3/c1-3-20-16(19)12-8-17-15(18-10(12)2)13-9-21-14-7-5-4-6-11(13)14/h4-8,13H,3,9H2,1-2H3. The molecular weight excluding hydrogens is 268 g/mol. The van der Waals surface area contributed by atoms with E-state index in [1.165, 1.54) is 6.20 Å². The number of aromatic nitrogens is 2. The molecule has 0 saturated heterocycles. The number of nitrogens with zero attached hydrogens (tertiary/aromatic N) is 2. The third kappa shape index (κ3) is 2.46. The Balaban J connectivity index is 1.92. The Kier molecular flexibility index (Phi) is 3.56. The Morgan fingerprint density at radius 1 is 1.43 bits per heavy atom. The first-order valence-electron chi connectivity index (χ1n) is 6.93. The van der Waals surface area contributed by atoms with Gasteiger partial charge in [-0.15, -0.1) is 0 Å². The van der Waals surface area contributed by atoms with Gasteiger partial charge in [-0.05, 0) is 19.9 Å². The van der Waals surface area contributed by atoms with Crippen molar-refractivity contribution in [3.8, 4) is 5.75 Å². The quantitative estimate of drug-likeness (QED) is 0.810. The number of para-hydroxylation sites is 1. The van der Waals surface area contributed by atoms with Gasteiger partial charge in [-0.2, -0.15) is 0 Å². The van der Waals surface area contributed by atoms with Crippen LogP contribution >= 0.6 is 0 Å². The van der Waals surface area contributed by atoms with Gasteiger partial charge in [-0.1, -0.05) is 18.2 Å². The monoisotopic (exact) mass is 284 g/mol. The lowest BCUT2D eigenvalue weighted by Crippen LogP contribution is -2.13. The second-order valence-electron chi connectivity index (χ2n) is 4.85. The zero-order chi connectivity index (χ0) is 14.8. The molecule has 0 aliphatic carbocycles. The average molecular weight is 284 g/mol. The van der Waals surface area contributed by atoms with Gasteiger partial charge in [0.25, 0.3) is 0 Å². The molecule has 1 aliphatic rings. The van der Waals surface area contributed by atoms with Crippen molar-refractivity contribution >= 4 is 5.97 Å². The van der Waals surface area contributed by atoms with Gasteiger partial charge in [-0.3, -0.25) is 0 Å². The summed E-state index contributed by atoms with van der Waals surface area (Å²) >= 11 is 0. The van der Waals surface area contributed by atoms with Gasteiger partial charge >= 0.3 is 5.97 Å². The highest BCUT2D eigenvalue weighted by atomic mass is 16.5. The molecule has 1 aromatic carbocycles. The maximum absolute atomic E-state index is 11.8. The van der Waals surface area contributed by atoms with Crippen molar-refractivity contribution in [1.82, 2.24) is 9.97 Å². The molecule has 0 spiro atoms. The van der Waals surface area contributed by atoms with Crippen LogP contribution in [-0.2, 0) is 4.74 Å². The molecule has 0 saturated carbocycles. The van der Waals surface area contributed by atoms with Crippen LogP contribution in [0.5, 0.6) is 5.75 Å². The van der Waals surface area contributed by atoms with E-state index in [4.69, 9.17) is 9.47 Å². The molecule has 3 rings (SSSR count). The Bertz CT molecular complexity index is 685. The van der Waals surface area contributed by atoms with Crippen LogP contribution in [0.4, 0.5) is 0 Å². The molecule has 2 heterocycles. The summed E-state index contributed by atoms with van der Waals surface area (Å²) < 4.78 is 10.6. The van der Waals surface area contributed by atoms with Crippen LogP contribution in [0.3, 0.4) is 0 Å². The molecule has 5 nitrogen and oxygen atoms in total. The molecule has 108 valence electrons. The van der Waals surface area contributed by atoms with Gasteiger partial charge in [-0.25, -0.2) is 14.8 Å². The zero-order valence-corrected chi connectivity index (χ0v) is 12.0. The number of esters is 1. The predicted octanol–water partition coefficient (Wildman–Crippen LogP) is 2.49. The fourth-order valence-electron chi connectivity index (χ4n) is 2.44. The van der Waals surface area contributed by atoms with Crippen LogP contribution in [-0.4, -0.2) is 29.2 Å². The summed E-state index contributed by atoms with van der Waals surface area (Å²) in [7, 11) is 0. The number of ether oxygens (including phenoxy) is 2. The van der Waals surface area contributed by atoms with Gasteiger partial charge in [0.05, 0.1) is 23.8 Å². The van der Waals surface area contributed by atoms with E-state index < -0.39 is 0 Å². The highest BCUT2D eigenvalue weighted by molar-refractivity contribution is 5.90. The molecule has 1 unspecified atom stereocenters. The van der Waals surface area contributed by atoms with Crippen molar-refractivity contribution < 1.29 is 14.3 Å². The SMILES string of the molecule is CCOC(=O)c1cnc(C2COc3ccccc32)nc1C. The summed E-state index contributed by atoms with van der Waals surface area (Å²) in [6, 6.07) is 7.87. The summed E-state index contributed by atoms with van der Waals surface area (Å²) in [5.41, 5.74) is 2.12. The van der Waals surface area contributed by atoms with Crippen molar-refractivity contribution in [2.75, 3.05) is 13.2 Å². The number of rotatable bonds is 3. The lowest BCUT2D eigenvalue weighted by atomic mass is 10.0. The van der Waals surface area contributed by atoms with E-state index in [0.717, 1.165) is 11.3 Å². The van der Waals surface area contributed by atoms with Crippen molar-refractivity contribution in [1.29, 1.82) is 0 Å². The minimum Gasteiger partial charge on any atom is -0.492 e. The molecule has 5 heteroatoms. The number of benzene rings is 1. The first-order valence-corrected chi connectivity index (χ1v) is 6.93. The molecule has 0 radical (unpaired) electrons. The normalized spacial score (nSPS) is 16.2. The molecule has 1 aromatic heterocycles. The van der Waals surface area contributed by atoms with E-state index in [2.05, 4.69) is 9.97 Å². The van der Waals surface area contributed by atoms with E-state index in [1.807, 2.05) is 24.3 Å². The van der Waals surface area contributed by atoms with Crippen molar-refractivity contribution in [3.05, 3.63) is 53.1 Å². The van der Waals surface area contributed by atoms with Crippen molar-refractivity contribution in [3.63, 3.8) is 0 Å². The Morgan fingerprint density at radius 3 is 3.00 bits per heavy atom. The molecule has 0 N–H and O–H groups in total. The summed E-state index contributed by atoms with van der Waals surface area (Å²) in [5.74, 6) is 1.17. The number of carbonyl (C=O) groups excluding carboxylic acids is 1. The van der Waals surface area contributed by atoms with E-state index in [-0.39, 0.29) is 11.9 Å². The molecule has 0 fully saturated rings. The third-order valence-corrected chi connectivity index (χ3v) is 3.50. The van der Waals surface area contributed by atoms with Crippen LogP contribution in [0, 0.1) is 6.92 Å². The second-order valence-corrected chi connectivity index (χ2v) is 4.85. The molecule has 1 aliphatic heterocycles. The van der Waals surface area contributed by atoms with Crippen LogP contribution < -0.4 is 4.74 Å².